The van der Waals surface area contributed by atoms with Gasteiger partial charge in [0.25, 0.3) is 0 Å². The number of para-hydroxylation sites is 1. The summed E-state index contributed by atoms with van der Waals surface area (Å²) in [4.78, 5) is 18.0. The predicted octanol–water partition coefficient (Wildman–Crippen LogP) is 4.75. The Balaban J connectivity index is 1.56. The number of nitrogens with one attached hydrogen (secondary N) is 2. The molecule has 1 amide bonds. The number of nitriles is 1. The summed E-state index contributed by atoms with van der Waals surface area (Å²) in [5.41, 5.74) is 2.37. The Labute approximate surface area is 198 Å². The first-order valence-electron chi connectivity index (χ1n) is 11.1. The molecule has 3 aromatic rings. The average molecular weight is 452 g/mol. The molecule has 7 heteroatoms. The number of carbonyl (C=O) groups is 1. The summed E-state index contributed by atoms with van der Waals surface area (Å²) in [5, 5.41) is 21.9. The standard InChI is InChI=1S/C27H25N5O2/c1-2-25(33)32-14-6-7-21(18-32)31-27-20(15-28)16-30-17-24(27)26(29)19-10-12-23(13-11-19)34-22-8-4-3-5-9-22/h2-5,8-13,16-17,21,29H,1,6-7,14,18H2,(H,30,31)/t21-/m1/s1. The van der Waals surface area contributed by atoms with Crippen molar-refractivity contribution in [3.05, 3.63) is 96.3 Å². The van der Waals surface area contributed by atoms with E-state index in [1.165, 1.54) is 12.3 Å². The molecule has 2 N–H and O–H groups in total. The van der Waals surface area contributed by atoms with Gasteiger partial charge in [0.05, 0.1) is 17.0 Å². The molecular weight excluding hydrogens is 426 g/mol. The van der Waals surface area contributed by atoms with Gasteiger partial charge in [0, 0.05) is 42.7 Å². The SMILES string of the molecule is C=CC(=O)N1CCC[C@@H](Nc2c(C#N)cncc2C(=N)c2ccc(Oc3ccccc3)cc2)C1. The zero-order valence-electron chi connectivity index (χ0n) is 18.7. The first-order valence-corrected chi connectivity index (χ1v) is 11.1. The van der Waals surface area contributed by atoms with Gasteiger partial charge in [-0.05, 0) is 55.3 Å². The van der Waals surface area contributed by atoms with E-state index in [4.69, 9.17) is 10.1 Å². The summed E-state index contributed by atoms with van der Waals surface area (Å²) in [5.74, 6) is 1.30. The van der Waals surface area contributed by atoms with Crippen molar-refractivity contribution < 1.29 is 9.53 Å². The molecule has 1 atom stereocenters. The van der Waals surface area contributed by atoms with Crippen LogP contribution in [0.4, 0.5) is 5.69 Å². The van der Waals surface area contributed by atoms with Crippen molar-refractivity contribution in [1.82, 2.24) is 9.88 Å². The van der Waals surface area contributed by atoms with E-state index >= 15 is 0 Å². The Morgan fingerprint density at radius 2 is 1.91 bits per heavy atom. The number of carbonyl (C=O) groups excluding carboxylic acids is 1. The fourth-order valence-corrected chi connectivity index (χ4v) is 3.99. The maximum Gasteiger partial charge on any atom is 0.246 e. The van der Waals surface area contributed by atoms with Crippen molar-refractivity contribution in [3.63, 3.8) is 0 Å². The van der Waals surface area contributed by atoms with Crippen molar-refractivity contribution in [2.45, 2.75) is 18.9 Å². The third-order valence-electron chi connectivity index (χ3n) is 5.71. The highest BCUT2D eigenvalue weighted by Gasteiger charge is 2.24. The minimum Gasteiger partial charge on any atom is -0.457 e. The third-order valence-corrected chi connectivity index (χ3v) is 5.71. The highest BCUT2D eigenvalue weighted by Crippen LogP contribution is 2.27. The molecule has 1 fully saturated rings. The van der Waals surface area contributed by atoms with Gasteiger partial charge in [-0.25, -0.2) is 0 Å². The molecule has 1 aromatic heterocycles. The molecule has 1 saturated heterocycles. The van der Waals surface area contributed by atoms with E-state index in [2.05, 4.69) is 22.9 Å². The predicted molar refractivity (Wildman–Crippen MR) is 131 cm³/mol. The number of nitrogens with zero attached hydrogens (tertiary/aromatic N) is 3. The Morgan fingerprint density at radius 1 is 1.18 bits per heavy atom. The van der Waals surface area contributed by atoms with Gasteiger partial charge >= 0.3 is 0 Å². The van der Waals surface area contributed by atoms with Gasteiger partial charge < -0.3 is 15.0 Å². The Bertz CT molecular complexity index is 1230. The van der Waals surface area contributed by atoms with Crippen LogP contribution in [-0.2, 0) is 4.79 Å². The van der Waals surface area contributed by atoms with Crippen LogP contribution in [0.3, 0.4) is 0 Å². The fourth-order valence-electron chi connectivity index (χ4n) is 3.99. The van der Waals surface area contributed by atoms with Crippen LogP contribution < -0.4 is 10.1 Å². The highest BCUT2D eigenvalue weighted by atomic mass is 16.5. The number of amides is 1. The molecule has 170 valence electrons. The lowest BCUT2D eigenvalue weighted by molar-refractivity contribution is -0.127. The van der Waals surface area contributed by atoms with Crippen LogP contribution in [0.1, 0.15) is 29.5 Å². The van der Waals surface area contributed by atoms with Crippen molar-refractivity contribution >= 4 is 17.3 Å². The van der Waals surface area contributed by atoms with E-state index in [9.17, 15) is 10.1 Å². The second kappa shape index (κ2) is 10.5. The molecule has 4 rings (SSSR count). The molecule has 0 aliphatic carbocycles. The molecule has 7 nitrogen and oxygen atoms in total. The largest absolute Gasteiger partial charge is 0.457 e. The monoisotopic (exact) mass is 451 g/mol. The van der Waals surface area contributed by atoms with E-state index in [1.54, 1.807) is 11.1 Å². The molecule has 0 bridgehead atoms. The van der Waals surface area contributed by atoms with E-state index in [-0.39, 0.29) is 17.7 Å². The molecule has 2 heterocycles. The summed E-state index contributed by atoms with van der Waals surface area (Å²) in [7, 11) is 0. The smallest absolute Gasteiger partial charge is 0.246 e. The van der Waals surface area contributed by atoms with Gasteiger partial charge in [0.2, 0.25) is 5.91 Å². The minimum atomic E-state index is -0.104. The number of hydrogen-bond donors (Lipinski definition) is 2. The van der Waals surface area contributed by atoms with Crippen LogP contribution in [0.2, 0.25) is 0 Å². The summed E-state index contributed by atoms with van der Waals surface area (Å²) in [6.07, 6.45) is 6.11. The van der Waals surface area contributed by atoms with Crippen molar-refractivity contribution in [2.75, 3.05) is 18.4 Å². The zero-order valence-corrected chi connectivity index (χ0v) is 18.7. The molecule has 34 heavy (non-hydrogen) atoms. The third kappa shape index (κ3) is 5.13. The maximum atomic E-state index is 12.1. The van der Waals surface area contributed by atoms with E-state index in [0.717, 1.165) is 18.6 Å². The molecule has 0 spiro atoms. The summed E-state index contributed by atoms with van der Waals surface area (Å²) in [6, 6.07) is 18.9. The molecule has 1 aliphatic heterocycles. The van der Waals surface area contributed by atoms with E-state index in [1.807, 2.05) is 54.6 Å². The quantitative estimate of drug-likeness (QED) is 0.399. The second-order valence-electron chi connectivity index (χ2n) is 8.01. The van der Waals surface area contributed by atoms with Gasteiger partial charge in [-0.2, -0.15) is 5.26 Å². The summed E-state index contributed by atoms with van der Waals surface area (Å²) < 4.78 is 5.84. The topological polar surface area (TPSA) is 102 Å². The zero-order chi connectivity index (χ0) is 23.9. The first kappa shape index (κ1) is 22.7. The number of piperidine rings is 1. The van der Waals surface area contributed by atoms with Gasteiger partial charge in [-0.15, -0.1) is 0 Å². The van der Waals surface area contributed by atoms with Crippen LogP contribution in [0.15, 0.2) is 79.6 Å². The number of ether oxygens (including phenoxy) is 1. The molecular formula is C27H25N5O2. The van der Waals surface area contributed by atoms with E-state index < -0.39 is 0 Å². The van der Waals surface area contributed by atoms with Gasteiger partial charge in [0.1, 0.15) is 17.6 Å². The van der Waals surface area contributed by atoms with Crippen LogP contribution in [0.5, 0.6) is 11.5 Å². The Morgan fingerprint density at radius 3 is 2.62 bits per heavy atom. The number of likely N-dealkylation sites (tertiary alicyclic amines) is 1. The minimum absolute atomic E-state index is 0.0413. The number of anilines is 1. The lowest BCUT2D eigenvalue weighted by Crippen LogP contribution is -2.44. The van der Waals surface area contributed by atoms with Gasteiger partial charge in [0.15, 0.2) is 0 Å². The summed E-state index contributed by atoms with van der Waals surface area (Å²) >= 11 is 0. The molecule has 1 aliphatic rings. The average Bonchev–Trinajstić information content (AvgIpc) is 2.89. The van der Waals surface area contributed by atoms with E-state index in [0.29, 0.717) is 41.2 Å². The molecule has 0 radical (unpaired) electrons. The van der Waals surface area contributed by atoms with Gasteiger partial charge in [-0.3, -0.25) is 15.2 Å². The van der Waals surface area contributed by atoms with Crippen LogP contribution in [-0.4, -0.2) is 40.6 Å². The summed E-state index contributed by atoms with van der Waals surface area (Å²) in [6.45, 7) is 4.77. The number of pyridine rings is 1. The second-order valence-corrected chi connectivity index (χ2v) is 8.01. The maximum absolute atomic E-state index is 12.1. The molecule has 0 saturated carbocycles. The Kier molecular flexibility index (Phi) is 6.99. The lowest BCUT2D eigenvalue weighted by atomic mass is 9.98. The lowest BCUT2D eigenvalue weighted by Gasteiger charge is -2.33. The van der Waals surface area contributed by atoms with Crippen LogP contribution in [0, 0.1) is 16.7 Å². The molecule has 0 unspecified atom stereocenters. The Hall–Kier alpha value is -4.44. The normalized spacial score (nSPS) is 15.1. The van der Waals surface area contributed by atoms with Gasteiger partial charge in [-0.1, -0.05) is 24.8 Å². The van der Waals surface area contributed by atoms with Crippen molar-refractivity contribution in [2.24, 2.45) is 0 Å². The van der Waals surface area contributed by atoms with Crippen LogP contribution in [0.25, 0.3) is 0 Å². The van der Waals surface area contributed by atoms with Crippen LogP contribution >= 0.6 is 0 Å². The number of hydrogen-bond acceptors (Lipinski definition) is 6. The molecule has 2 aromatic carbocycles. The first-order chi connectivity index (χ1) is 16.6. The van der Waals surface area contributed by atoms with Crippen molar-refractivity contribution in [3.8, 4) is 17.6 Å². The number of benzene rings is 2. The number of aromatic nitrogens is 1. The van der Waals surface area contributed by atoms with Crippen molar-refractivity contribution in [1.29, 1.82) is 10.7 Å². The number of rotatable bonds is 7. The highest BCUT2D eigenvalue weighted by molar-refractivity contribution is 6.14. The fraction of sp³-hybridized carbons (Fsp3) is 0.185.